The Balaban J connectivity index is 1.77. The zero-order valence-corrected chi connectivity index (χ0v) is 14.3. The molecule has 5 heteroatoms. The number of rotatable bonds is 5. The van der Waals surface area contributed by atoms with E-state index in [1.165, 1.54) is 16.9 Å². The molecule has 0 aliphatic rings. The zero-order valence-electron chi connectivity index (χ0n) is 13.5. The molecule has 0 saturated heterocycles. The fraction of sp³-hybridized carbons (Fsp3) is 0.412. The van der Waals surface area contributed by atoms with Crippen molar-refractivity contribution in [2.45, 2.75) is 39.5 Å². The number of nitrogens with one attached hydrogen (secondary N) is 1. The maximum absolute atomic E-state index is 11.8. The number of benzene rings is 1. The molecule has 4 nitrogen and oxygen atoms in total. The highest BCUT2D eigenvalue weighted by Gasteiger charge is 2.13. The molecule has 1 N–H and O–H groups in total. The first-order valence-electron chi connectivity index (χ1n) is 7.30. The Labute approximate surface area is 135 Å². The van der Waals surface area contributed by atoms with Crippen molar-refractivity contribution in [3.63, 3.8) is 0 Å². The van der Waals surface area contributed by atoms with E-state index in [1.54, 1.807) is 0 Å². The number of carbonyl (C=O) groups excluding carboxylic acids is 1. The number of carbonyl (C=O) groups is 1. The van der Waals surface area contributed by atoms with Gasteiger partial charge in [0.2, 0.25) is 5.91 Å². The van der Waals surface area contributed by atoms with Crippen molar-refractivity contribution in [3.8, 4) is 5.75 Å². The molecule has 118 valence electrons. The highest BCUT2D eigenvalue weighted by molar-refractivity contribution is 7.13. The van der Waals surface area contributed by atoms with Crippen LogP contribution in [0.25, 0.3) is 0 Å². The van der Waals surface area contributed by atoms with Gasteiger partial charge in [-0.05, 0) is 30.0 Å². The normalized spacial score (nSPS) is 11.3. The van der Waals surface area contributed by atoms with Crippen molar-refractivity contribution in [2.24, 2.45) is 0 Å². The molecule has 0 unspecified atom stereocenters. The molecular weight excluding hydrogens is 296 g/mol. The second-order valence-corrected chi connectivity index (χ2v) is 7.07. The van der Waals surface area contributed by atoms with Crippen LogP contribution in [0.1, 0.15) is 38.4 Å². The van der Waals surface area contributed by atoms with Crippen molar-refractivity contribution in [3.05, 3.63) is 40.9 Å². The van der Waals surface area contributed by atoms with Crippen LogP contribution in [0.3, 0.4) is 0 Å². The smallest absolute Gasteiger partial charge is 0.229 e. The monoisotopic (exact) mass is 318 g/mol. The van der Waals surface area contributed by atoms with Gasteiger partial charge in [-0.1, -0.05) is 32.9 Å². The Morgan fingerprint density at radius 2 is 1.95 bits per heavy atom. The van der Waals surface area contributed by atoms with Gasteiger partial charge in [-0.25, -0.2) is 4.98 Å². The van der Waals surface area contributed by atoms with Crippen LogP contribution < -0.4 is 10.1 Å². The third-order valence-electron chi connectivity index (χ3n) is 3.18. The SMILES string of the molecule is Cc1csc(NC(=O)CCOc2ccc(C(C)(C)C)cc2)n1. The molecule has 1 aromatic heterocycles. The molecule has 22 heavy (non-hydrogen) atoms. The summed E-state index contributed by atoms with van der Waals surface area (Å²) in [5.41, 5.74) is 2.30. The molecular formula is C17H22N2O2S. The van der Waals surface area contributed by atoms with E-state index in [0.717, 1.165) is 11.4 Å². The molecule has 0 bridgehead atoms. The van der Waals surface area contributed by atoms with Crippen molar-refractivity contribution in [2.75, 3.05) is 11.9 Å². The predicted molar refractivity (Wildman–Crippen MR) is 90.7 cm³/mol. The Bertz CT molecular complexity index is 627. The second kappa shape index (κ2) is 6.92. The lowest BCUT2D eigenvalue weighted by Crippen LogP contribution is -2.15. The lowest BCUT2D eigenvalue weighted by atomic mass is 9.87. The first-order chi connectivity index (χ1) is 10.3. The molecule has 2 aromatic rings. The molecule has 0 saturated carbocycles. The van der Waals surface area contributed by atoms with E-state index < -0.39 is 0 Å². The van der Waals surface area contributed by atoms with Gasteiger partial charge in [0.05, 0.1) is 18.7 Å². The van der Waals surface area contributed by atoms with Crippen LogP contribution in [-0.4, -0.2) is 17.5 Å². The number of anilines is 1. The van der Waals surface area contributed by atoms with Crippen molar-refractivity contribution in [1.29, 1.82) is 0 Å². The van der Waals surface area contributed by atoms with Gasteiger partial charge in [0.15, 0.2) is 5.13 Å². The maximum atomic E-state index is 11.8. The van der Waals surface area contributed by atoms with E-state index in [1.807, 2.05) is 24.4 Å². The lowest BCUT2D eigenvalue weighted by molar-refractivity contribution is -0.116. The quantitative estimate of drug-likeness (QED) is 0.900. The van der Waals surface area contributed by atoms with Gasteiger partial charge in [-0.15, -0.1) is 11.3 Å². The summed E-state index contributed by atoms with van der Waals surface area (Å²) < 4.78 is 5.61. The lowest BCUT2D eigenvalue weighted by Gasteiger charge is -2.19. The molecule has 1 heterocycles. The number of aryl methyl sites for hydroxylation is 1. The Kier molecular flexibility index (Phi) is 5.19. The van der Waals surface area contributed by atoms with Crippen LogP contribution in [0.4, 0.5) is 5.13 Å². The van der Waals surface area contributed by atoms with E-state index in [2.05, 4.69) is 43.2 Å². The van der Waals surface area contributed by atoms with E-state index >= 15 is 0 Å². The number of thiazole rings is 1. The molecule has 0 fully saturated rings. The summed E-state index contributed by atoms with van der Waals surface area (Å²) in [6.07, 6.45) is 0.305. The fourth-order valence-electron chi connectivity index (χ4n) is 1.91. The number of hydrogen-bond acceptors (Lipinski definition) is 4. The highest BCUT2D eigenvalue weighted by atomic mass is 32.1. The summed E-state index contributed by atoms with van der Waals surface area (Å²) in [7, 11) is 0. The van der Waals surface area contributed by atoms with Gasteiger partial charge in [-0.2, -0.15) is 0 Å². The summed E-state index contributed by atoms with van der Waals surface area (Å²) in [5.74, 6) is 0.701. The van der Waals surface area contributed by atoms with E-state index in [-0.39, 0.29) is 11.3 Å². The van der Waals surface area contributed by atoms with Crippen LogP contribution in [0.2, 0.25) is 0 Å². The van der Waals surface area contributed by atoms with Crippen molar-refractivity contribution >= 4 is 22.4 Å². The first kappa shape index (κ1) is 16.5. The van der Waals surface area contributed by atoms with Crippen LogP contribution in [0.5, 0.6) is 5.75 Å². The van der Waals surface area contributed by atoms with Crippen LogP contribution >= 0.6 is 11.3 Å². The minimum absolute atomic E-state index is 0.0827. The molecule has 0 aliphatic heterocycles. The highest BCUT2D eigenvalue weighted by Crippen LogP contribution is 2.24. The molecule has 0 radical (unpaired) electrons. The Morgan fingerprint density at radius 1 is 1.27 bits per heavy atom. The van der Waals surface area contributed by atoms with Gasteiger partial charge in [-0.3, -0.25) is 4.79 Å². The zero-order chi connectivity index (χ0) is 16.2. The van der Waals surface area contributed by atoms with E-state index in [0.29, 0.717) is 18.2 Å². The fourth-order valence-corrected chi connectivity index (χ4v) is 2.61. The average molecular weight is 318 g/mol. The molecule has 0 spiro atoms. The Morgan fingerprint density at radius 3 is 2.50 bits per heavy atom. The second-order valence-electron chi connectivity index (χ2n) is 6.22. The van der Waals surface area contributed by atoms with Gasteiger partial charge >= 0.3 is 0 Å². The van der Waals surface area contributed by atoms with E-state index in [4.69, 9.17) is 4.74 Å². The van der Waals surface area contributed by atoms with Crippen LogP contribution in [0, 0.1) is 6.92 Å². The molecule has 0 aliphatic carbocycles. The largest absolute Gasteiger partial charge is 0.493 e. The molecule has 1 amide bonds. The summed E-state index contributed by atoms with van der Waals surface area (Å²) >= 11 is 1.43. The number of amides is 1. The standard InChI is InChI=1S/C17H22N2O2S/c1-12-11-22-16(18-12)19-15(20)9-10-21-14-7-5-13(6-8-14)17(2,3)4/h5-8,11H,9-10H2,1-4H3,(H,18,19,20). The number of hydrogen-bond donors (Lipinski definition) is 1. The summed E-state index contributed by atoms with van der Waals surface area (Å²) in [5, 5.41) is 5.31. The van der Waals surface area contributed by atoms with Crippen LogP contribution in [0.15, 0.2) is 29.6 Å². The van der Waals surface area contributed by atoms with Crippen LogP contribution in [-0.2, 0) is 10.2 Å². The van der Waals surface area contributed by atoms with Gasteiger partial charge in [0, 0.05) is 5.38 Å². The minimum atomic E-state index is -0.0827. The molecule has 1 aromatic carbocycles. The summed E-state index contributed by atoms with van der Waals surface area (Å²) in [6.45, 7) is 8.77. The topological polar surface area (TPSA) is 51.2 Å². The van der Waals surface area contributed by atoms with Crippen molar-refractivity contribution in [1.82, 2.24) is 4.98 Å². The Hall–Kier alpha value is -1.88. The third-order valence-corrected chi connectivity index (χ3v) is 4.06. The molecule has 0 atom stereocenters. The van der Waals surface area contributed by atoms with E-state index in [9.17, 15) is 4.79 Å². The minimum Gasteiger partial charge on any atom is -0.493 e. The summed E-state index contributed by atoms with van der Waals surface area (Å²) in [6, 6.07) is 8.02. The maximum Gasteiger partial charge on any atom is 0.229 e. The number of nitrogens with zero attached hydrogens (tertiary/aromatic N) is 1. The van der Waals surface area contributed by atoms with Gasteiger partial charge in [0.25, 0.3) is 0 Å². The van der Waals surface area contributed by atoms with Gasteiger partial charge in [0.1, 0.15) is 5.75 Å². The number of aromatic nitrogens is 1. The average Bonchev–Trinajstić information content (AvgIpc) is 2.83. The van der Waals surface area contributed by atoms with Crippen molar-refractivity contribution < 1.29 is 9.53 Å². The predicted octanol–water partition coefficient (Wildman–Crippen LogP) is 4.16. The first-order valence-corrected chi connectivity index (χ1v) is 8.18. The number of ether oxygens (including phenoxy) is 1. The third kappa shape index (κ3) is 4.84. The molecule has 2 rings (SSSR count). The van der Waals surface area contributed by atoms with Gasteiger partial charge < -0.3 is 10.1 Å². The summed E-state index contributed by atoms with van der Waals surface area (Å²) in [4.78, 5) is 16.0.